The number of aromatic nitrogens is 3. The van der Waals surface area contributed by atoms with Crippen molar-refractivity contribution in [2.75, 3.05) is 43.6 Å². The molecule has 6 heteroatoms. The quantitative estimate of drug-likeness (QED) is 0.828. The molecule has 6 nitrogen and oxygen atoms in total. The van der Waals surface area contributed by atoms with E-state index in [4.69, 9.17) is 4.74 Å². The second kappa shape index (κ2) is 6.45. The Kier molecular flexibility index (Phi) is 4.41. The predicted octanol–water partition coefficient (Wildman–Crippen LogP) is 2.11. The van der Waals surface area contributed by atoms with Gasteiger partial charge in [0.15, 0.2) is 0 Å². The summed E-state index contributed by atoms with van der Waals surface area (Å²) in [5, 5.41) is 0. The highest BCUT2D eigenvalue weighted by Gasteiger charge is 2.25. The Balaban J connectivity index is 1.80. The van der Waals surface area contributed by atoms with Gasteiger partial charge >= 0.3 is 6.01 Å². The Morgan fingerprint density at radius 1 is 1.10 bits per heavy atom. The summed E-state index contributed by atoms with van der Waals surface area (Å²) in [6, 6.07) is 0.418. The summed E-state index contributed by atoms with van der Waals surface area (Å²) in [6.07, 6.45) is 7.67. The van der Waals surface area contributed by atoms with Gasteiger partial charge in [-0.3, -0.25) is 0 Å². The fourth-order valence-corrected chi connectivity index (χ4v) is 2.78. The van der Waals surface area contributed by atoms with Crippen LogP contribution in [0.15, 0.2) is 0 Å². The van der Waals surface area contributed by atoms with Crippen LogP contribution in [0.5, 0.6) is 6.01 Å². The lowest BCUT2D eigenvalue weighted by atomic mass is 10.2. The average molecular weight is 291 g/mol. The summed E-state index contributed by atoms with van der Waals surface area (Å²) in [7, 11) is 3.67. The minimum absolute atomic E-state index is 0.418. The van der Waals surface area contributed by atoms with Gasteiger partial charge in [-0.2, -0.15) is 15.0 Å². The second-order valence-electron chi connectivity index (χ2n) is 6.15. The highest BCUT2D eigenvalue weighted by molar-refractivity contribution is 5.40. The number of rotatable bonds is 5. The van der Waals surface area contributed by atoms with Crippen molar-refractivity contribution in [1.29, 1.82) is 0 Å². The molecule has 1 saturated carbocycles. The van der Waals surface area contributed by atoms with Crippen molar-refractivity contribution in [3.05, 3.63) is 0 Å². The van der Waals surface area contributed by atoms with Crippen LogP contribution in [0.25, 0.3) is 0 Å². The molecular weight excluding hydrogens is 266 g/mol. The van der Waals surface area contributed by atoms with Crippen LogP contribution in [0.1, 0.15) is 38.5 Å². The summed E-state index contributed by atoms with van der Waals surface area (Å²) < 4.78 is 5.27. The van der Waals surface area contributed by atoms with E-state index in [1.54, 1.807) is 7.11 Å². The third-order valence-electron chi connectivity index (χ3n) is 4.23. The monoisotopic (exact) mass is 291 g/mol. The van der Waals surface area contributed by atoms with Gasteiger partial charge < -0.3 is 14.5 Å². The maximum absolute atomic E-state index is 5.27. The van der Waals surface area contributed by atoms with Crippen LogP contribution in [-0.2, 0) is 0 Å². The molecule has 1 aliphatic heterocycles. The lowest BCUT2D eigenvalue weighted by Gasteiger charge is -2.23. The first-order valence-electron chi connectivity index (χ1n) is 8.02. The molecule has 0 N–H and O–H groups in total. The first-order chi connectivity index (χ1) is 10.3. The van der Waals surface area contributed by atoms with Crippen molar-refractivity contribution >= 4 is 11.9 Å². The Morgan fingerprint density at radius 2 is 1.81 bits per heavy atom. The van der Waals surface area contributed by atoms with Gasteiger partial charge in [0.25, 0.3) is 0 Å². The number of hydrogen-bond acceptors (Lipinski definition) is 6. The molecule has 3 rings (SSSR count). The van der Waals surface area contributed by atoms with E-state index in [0.29, 0.717) is 6.01 Å². The molecule has 2 heterocycles. The average Bonchev–Trinajstić information content (AvgIpc) is 3.33. The first kappa shape index (κ1) is 14.4. The van der Waals surface area contributed by atoms with Crippen LogP contribution in [-0.4, -0.2) is 48.7 Å². The molecule has 21 heavy (non-hydrogen) atoms. The van der Waals surface area contributed by atoms with E-state index in [1.807, 2.05) is 0 Å². The van der Waals surface area contributed by atoms with Gasteiger partial charge in [0.2, 0.25) is 11.9 Å². The lowest BCUT2D eigenvalue weighted by Crippen LogP contribution is -2.28. The summed E-state index contributed by atoms with van der Waals surface area (Å²) >= 11 is 0. The highest BCUT2D eigenvalue weighted by Crippen LogP contribution is 2.30. The highest BCUT2D eigenvalue weighted by atomic mass is 16.5. The predicted molar refractivity (Wildman–Crippen MR) is 83.1 cm³/mol. The van der Waals surface area contributed by atoms with E-state index in [9.17, 15) is 0 Å². The van der Waals surface area contributed by atoms with Crippen molar-refractivity contribution in [3.8, 4) is 6.01 Å². The van der Waals surface area contributed by atoms with E-state index in [-0.39, 0.29) is 0 Å². The SMILES string of the molecule is COc1nc(N(C)CC2CC2)nc(N2CCCCCC2)n1. The Bertz CT molecular complexity index is 469. The molecule has 0 bridgehead atoms. The Morgan fingerprint density at radius 3 is 2.43 bits per heavy atom. The van der Waals surface area contributed by atoms with Gasteiger partial charge in [-0.1, -0.05) is 12.8 Å². The maximum atomic E-state index is 5.27. The van der Waals surface area contributed by atoms with Crippen LogP contribution in [0.4, 0.5) is 11.9 Å². The number of anilines is 2. The molecule has 1 aromatic heterocycles. The van der Waals surface area contributed by atoms with E-state index < -0.39 is 0 Å². The number of hydrogen-bond donors (Lipinski definition) is 0. The molecule has 2 aliphatic rings. The summed E-state index contributed by atoms with van der Waals surface area (Å²) in [5.41, 5.74) is 0. The molecule has 2 fully saturated rings. The van der Waals surface area contributed by atoms with E-state index in [1.165, 1.54) is 38.5 Å². The van der Waals surface area contributed by atoms with Crippen molar-refractivity contribution < 1.29 is 4.74 Å². The van der Waals surface area contributed by atoms with Gasteiger partial charge in [-0.25, -0.2) is 0 Å². The molecule has 1 aliphatic carbocycles. The number of methoxy groups -OCH3 is 1. The van der Waals surface area contributed by atoms with Crippen LogP contribution in [0.2, 0.25) is 0 Å². The largest absolute Gasteiger partial charge is 0.467 e. The topological polar surface area (TPSA) is 54.4 Å². The van der Waals surface area contributed by atoms with Gasteiger partial charge in [0.05, 0.1) is 7.11 Å². The van der Waals surface area contributed by atoms with Crippen LogP contribution in [0.3, 0.4) is 0 Å². The smallest absolute Gasteiger partial charge is 0.322 e. The number of ether oxygens (including phenoxy) is 1. The van der Waals surface area contributed by atoms with Gasteiger partial charge in [-0.15, -0.1) is 0 Å². The van der Waals surface area contributed by atoms with Gasteiger partial charge in [0, 0.05) is 26.7 Å². The molecular formula is C15H25N5O. The van der Waals surface area contributed by atoms with E-state index in [0.717, 1.165) is 37.4 Å². The molecule has 0 atom stereocenters. The Labute approximate surface area is 126 Å². The van der Waals surface area contributed by atoms with Crippen LogP contribution >= 0.6 is 0 Å². The zero-order valence-corrected chi connectivity index (χ0v) is 13.1. The minimum Gasteiger partial charge on any atom is -0.467 e. The van der Waals surface area contributed by atoms with E-state index >= 15 is 0 Å². The molecule has 0 spiro atoms. The van der Waals surface area contributed by atoms with Crippen LogP contribution < -0.4 is 14.5 Å². The first-order valence-corrected chi connectivity index (χ1v) is 8.02. The summed E-state index contributed by atoms with van der Waals surface area (Å²) in [4.78, 5) is 17.9. The number of nitrogens with zero attached hydrogens (tertiary/aromatic N) is 5. The van der Waals surface area contributed by atoms with Crippen molar-refractivity contribution in [2.24, 2.45) is 5.92 Å². The third kappa shape index (κ3) is 3.74. The summed E-state index contributed by atoms with van der Waals surface area (Å²) in [5.74, 6) is 2.30. The molecule has 1 aromatic rings. The van der Waals surface area contributed by atoms with Crippen molar-refractivity contribution in [2.45, 2.75) is 38.5 Å². The van der Waals surface area contributed by atoms with Gasteiger partial charge in [-0.05, 0) is 31.6 Å². The van der Waals surface area contributed by atoms with Gasteiger partial charge in [0.1, 0.15) is 0 Å². The second-order valence-corrected chi connectivity index (χ2v) is 6.15. The molecule has 1 saturated heterocycles. The Hall–Kier alpha value is -1.59. The third-order valence-corrected chi connectivity index (χ3v) is 4.23. The zero-order chi connectivity index (χ0) is 14.7. The molecule has 0 aromatic carbocycles. The molecule has 0 radical (unpaired) electrons. The molecule has 0 amide bonds. The maximum Gasteiger partial charge on any atom is 0.322 e. The molecule has 116 valence electrons. The van der Waals surface area contributed by atoms with E-state index in [2.05, 4.69) is 31.8 Å². The van der Waals surface area contributed by atoms with Crippen molar-refractivity contribution in [1.82, 2.24) is 15.0 Å². The minimum atomic E-state index is 0.418. The standard InChI is InChI=1S/C15H25N5O/c1-19(11-12-7-8-12)13-16-14(18-15(17-13)21-2)20-9-5-3-4-6-10-20/h12H,3-11H2,1-2H3. The van der Waals surface area contributed by atoms with Crippen LogP contribution in [0, 0.1) is 5.92 Å². The molecule has 0 unspecified atom stereocenters. The van der Waals surface area contributed by atoms with Crippen molar-refractivity contribution in [3.63, 3.8) is 0 Å². The zero-order valence-electron chi connectivity index (χ0n) is 13.1. The fourth-order valence-electron chi connectivity index (χ4n) is 2.78. The fraction of sp³-hybridized carbons (Fsp3) is 0.800. The normalized spacial score (nSPS) is 19.2. The lowest BCUT2D eigenvalue weighted by molar-refractivity contribution is 0.378. The summed E-state index contributed by atoms with van der Waals surface area (Å²) in [6.45, 7) is 3.07.